The molecule has 9 nitrogen and oxygen atoms in total. The highest BCUT2D eigenvalue weighted by Gasteiger charge is 2.52. The van der Waals surface area contributed by atoms with Gasteiger partial charge < -0.3 is 15.1 Å². The maximum absolute atomic E-state index is 13.7. The van der Waals surface area contributed by atoms with Gasteiger partial charge in [0.25, 0.3) is 5.91 Å². The van der Waals surface area contributed by atoms with E-state index >= 15 is 0 Å². The van der Waals surface area contributed by atoms with Crippen molar-refractivity contribution >= 4 is 29.4 Å². The van der Waals surface area contributed by atoms with Crippen molar-refractivity contribution in [1.29, 1.82) is 0 Å². The molecular formula is C30H38N4O5. The predicted molar refractivity (Wildman–Crippen MR) is 148 cm³/mol. The van der Waals surface area contributed by atoms with E-state index in [1.807, 2.05) is 32.0 Å². The molecule has 9 heteroatoms. The lowest BCUT2D eigenvalue weighted by Crippen LogP contribution is -2.52. The van der Waals surface area contributed by atoms with Crippen molar-refractivity contribution in [3.8, 4) is 0 Å². The number of nitrogens with one attached hydrogen (secondary N) is 2. The van der Waals surface area contributed by atoms with Crippen molar-refractivity contribution in [3.05, 3.63) is 65.7 Å². The minimum atomic E-state index is -0.775. The van der Waals surface area contributed by atoms with Gasteiger partial charge in [-0.2, -0.15) is 0 Å². The van der Waals surface area contributed by atoms with Gasteiger partial charge in [-0.3, -0.25) is 19.7 Å². The van der Waals surface area contributed by atoms with Crippen LogP contribution < -0.4 is 10.6 Å². The molecule has 3 unspecified atom stereocenters. The summed E-state index contributed by atoms with van der Waals surface area (Å²) in [5.74, 6) is -0.669. The van der Waals surface area contributed by atoms with E-state index in [1.165, 1.54) is 5.06 Å². The molecule has 39 heavy (non-hydrogen) atoms. The maximum Gasteiger partial charge on any atom is 0.430 e. The summed E-state index contributed by atoms with van der Waals surface area (Å²) in [6, 6.07) is 14.4. The molecule has 2 saturated heterocycles. The number of hydrogen-bond donors (Lipinski definition) is 2. The molecule has 0 bridgehead atoms. The number of nitrogens with zero attached hydrogens (tertiary/aromatic N) is 2. The number of hydroxylamine groups is 2. The smallest absolute Gasteiger partial charge is 0.350 e. The lowest BCUT2D eigenvalue weighted by atomic mass is 9.86. The van der Waals surface area contributed by atoms with Crippen LogP contribution in [0.15, 0.2) is 54.6 Å². The standard InChI is InChI=1S/C30H38N4O5/c1-19(2)17-23(32-27(36)20-11-13-21(14-12-20)30(3,4)5)28(37)33-16-15-24-26(33)25(35)18-34(24)39-29(38)31-22-9-7-6-8-10-22/h6-14,19,23-24,26H,15-18H2,1-5H3,(H,31,38)(H,32,36). The van der Waals surface area contributed by atoms with Crippen LogP contribution in [0, 0.1) is 5.92 Å². The molecule has 2 aliphatic rings. The van der Waals surface area contributed by atoms with Crippen molar-refractivity contribution in [2.75, 3.05) is 18.4 Å². The van der Waals surface area contributed by atoms with Gasteiger partial charge in [-0.25, -0.2) is 4.79 Å². The van der Waals surface area contributed by atoms with E-state index < -0.39 is 24.2 Å². The summed E-state index contributed by atoms with van der Waals surface area (Å²) >= 11 is 0. The number of fused-ring (bicyclic) bond motifs is 1. The first-order valence-corrected chi connectivity index (χ1v) is 13.5. The van der Waals surface area contributed by atoms with E-state index in [2.05, 4.69) is 31.4 Å². The average molecular weight is 535 g/mol. The lowest BCUT2D eigenvalue weighted by Gasteiger charge is -2.29. The molecule has 2 N–H and O–H groups in total. The molecule has 2 heterocycles. The predicted octanol–water partition coefficient (Wildman–Crippen LogP) is 4.15. The maximum atomic E-state index is 13.7. The van der Waals surface area contributed by atoms with E-state index in [9.17, 15) is 19.2 Å². The van der Waals surface area contributed by atoms with Crippen LogP contribution in [0.25, 0.3) is 0 Å². The molecule has 0 saturated carbocycles. The summed E-state index contributed by atoms with van der Waals surface area (Å²) in [5, 5.41) is 6.92. The summed E-state index contributed by atoms with van der Waals surface area (Å²) < 4.78 is 0. The first-order chi connectivity index (χ1) is 18.4. The van der Waals surface area contributed by atoms with Crippen LogP contribution in [-0.2, 0) is 19.8 Å². The zero-order valence-corrected chi connectivity index (χ0v) is 23.3. The molecule has 0 aliphatic carbocycles. The lowest BCUT2D eigenvalue weighted by molar-refractivity contribution is -0.138. The molecule has 2 aromatic carbocycles. The number of rotatable bonds is 7. The minimum absolute atomic E-state index is 0.0366. The van der Waals surface area contributed by atoms with Crippen LogP contribution in [0.5, 0.6) is 0 Å². The minimum Gasteiger partial charge on any atom is -0.350 e. The Bertz CT molecular complexity index is 1210. The Morgan fingerprint density at radius 3 is 2.31 bits per heavy atom. The molecule has 2 aliphatic heterocycles. The van der Waals surface area contributed by atoms with Crippen LogP contribution in [0.4, 0.5) is 10.5 Å². The van der Waals surface area contributed by atoms with Crippen molar-refractivity contribution in [2.45, 2.75) is 71.0 Å². The van der Waals surface area contributed by atoms with Crippen LogP contribution in [-0.4, -0.2) is 64.9 Å². The number of carbonyl (C=O) groups is 4. The van der Waals surface area contributed by atoms with Crippen LogP contribution >= 0.6 is 0 Å². The first kappa shape index (κ1) is 28.3. The largest absolute Gasteiger partial charge is 0.430 e. The quantitative estimate of drug-likeness (QED) is 0.553. The molecule has 208 valence electrons. The number of likely N-dealkylation sites (tertiary alicyclic amines) is 1. The number of para-hydroxylation sites is 1. The van der Waals surface area contributed by atoms with Crippen LogP contribution in [0.3, 0.4) is 0 Å². The van der Waals surface area contributed by atoms with Crippen LogP contribution in [0.2, 0.25) is 0 Å². The topological polar surface area (TPSA) is 108 Å². The van der Waals surface area contributed by atoms with Crippen LogP contribution in [0.1, 0.15) is 63.4 Å². The number of hydrogen-bond acceptors (Lipinski definition) is 6. The zero-order valence-electron chi connectivity index (χ0n) is 23.3. The van der Waals surface area contributed by atoms with E-state index in [1.54, 1.807) is 41.3 Å². The van der Waals surface area contributed by atoms with Gasteiger partial charge in [0, 0.05) is 17.8 Å². The van der Waals surface area contributed by atoms with Crippen molar-refractivity contribution in [2.24, 2.45) is 5.92 Å². The normalized spacial score (nSPS) is 20.1. The van der Waals surface area contributed by atoms with E-state index in [0.29, 0.717) is 30.6 Å². The van der Waals surface area contributed by atoms with Gasteiger partial charge in [0.15, 0.2) is 5.78 Å². The van der Waals surface area contributed by atoms with Gasteiger partial charge in [0.1, 0.15) is 12.1 Å². The summed E-state index contributed by atoms with van der Waals surface area (Å²) in [4.78, 5) is 59.2. The second kappa shape index (κ2) is 11.6. The van der Waals surface area contributed by atoms with Gasteiger partial charge in [0.05, 0.1) is 12.6 Å². The fraction of sp³-hybridized carbons (Fsp3) is 0.467. The Balaban J connectivity index is 1.43. The molecular weight excluding hydrogens is 496 g/mol. The van der Waals surface area contributed by atoms with Gasteiger partial charge in [0.2, 0.25) is 5.91 Å². The Morgan fingerprint density at radius 1 is 1.03 bits per heavy atom. The zero-order chi connectivity index (χ0) is 28.3. The Hall–Kier alpha value is -3.72. The molecule has 3 atom stereocenters. The van der Waals surface area contributed by atoms with Gasteiger partial charge in [-0.15, -0.1) is 5.06 Å². The van der Waals surface area contributed by atoms with E-state index in [0.717, 1.165) is 5.56 Å². The first-order valence-electron chi connectivity index (χ1n) is 13.5. The third kappa shape index (κ3) is 6.65. The third-order valence-corrected chi connectivity index (χ3v) is 7.20. The number of anilines is 1. The highest BCUT2D eigenvalue weighted by atomic mass is 16.7. The fourth-order valence-corrected chi connectivity index (χ4v) is 5.20. The van der Waals surface area contributed by atoms with Gasteiger partial charge in [-0.1, -0.05) is 65.0 Å². The van der Waals surface area contributed by atoms with E-state index in [4.69, 9.17) is 4.84 Å². The monoisotopic (exact) mass is 534 g/mol. The third-order valence-electron chi connectivity index (χ3n) is 7.20. The Labute approximate surface area is 229 Å². The summed E-state index contributed by atoms with van der Waals surface area (Å²) in [6.45, 7) is 10.5. The second-order valence-corrected chi connectivity index (χ2v) is 11.7. The molecule has 3 amide bonds. The van der Waals surface area contributed by atoms with Gasteiger partial charge >= 0.3 is 6.09 Å². The molecule has 2 aromatic rings. The van der Waals surface area contributed by atoms with Crippen molar-refractivity contribution in [1.82, 2.24) is 15.3 Å². The highest BCUT2D eigenvalue weighted by Crippen LogP contribution is 2.31. The molecule has 0 aromatic heterocycles. The molecule has 0 radical (unpaired) electrons. The second-order valence-electron chi connectivity index (χ2n) is 11.7. The summed E-state index contributed by atoms with van der Waals surface area (Å²) in [6.07, 6.45) is 0.228. The molecule has 0 spiro atoms. The Morgan fingerprint density at radius 2 is 1.69 bits per heavy atom. The fourth-order valence-electron chi connectivity index (χ4n) is 5.20. The number of Topliss-reactive ketones (excluding diaryl/α,β-unsaturated/α-hetero) is 1. The summed E-state index contributed by atoms with van der Waals surface area (Å²) in [5.41, 5.74) is 2.13. The van der Waals surface area contributed by atoms with E-state index in [-0.39, 0.29) is 35.5 Å². The SMILES string of the molecule is CC(C)CC(NC(=O)c1ccc(C(C)(C)C)cc1)C(=O)N1CCC2C1C(=O)CN2OC(=O)Nc1ccccc1. The van der Waals surface area contributed by atoms with Crippen molar-refractivity contribution < 1.29 is 24.0 Å². The molecule has 2 fully saturated rings. The Kier molecular flexibility index (Phi) is 8.39. The number of benzene rings is 2. The average Bonchev–Trinajstić information content (AvgIpc) is 3.44. The number of amides is 3. The van der Waals surface area contributed by atoms with Crippen molar-refractivity contribution in [3.63, 3.8) is 0 Å². The van der Waals surface area contributed by atoms with Gasteiger partial charge in [-0.05, 0) is 54.0 Å². The number of carbonyl (C=O) groups excluding carboxylic acids is 4. The number of ketones is 1. The summed E-state index contributed by atoms with van der Waals surface area (Å²) in [7, 11) is 0. The highest BCUT2D eigenvalue weighted by molar-refractivity contribution is 5.99. The molecule has 4 rings (SSSR count).